The van der Waals surface area contributed by atoms with Gasteiger partial charge in [0.2, 0.25) is 5.95 Å². The summed E-state index contributed by atoms with van der Waals surface area (Å²) >= 11 is 0. The van der Waals surface area contributed by atoms with Crippen LogP contribution < -0.4 is 10.5 Å². The van der Waals surface area contributed by atoms with Crippen molar-refractivity contribution < 1.29 is 9.90 Å². The average Bonchev–Trinajstić information content (AvgIpc) is 2.88. The van der Waals surface area contributed by atoms with Gasteiger partial charge in [-0.2, -0.15) is 0 Å². The number of carboxylic acids is 1. The molecule has 1 saturated heterocycles. The summed E-state index contributed by atoms with van der Waals surface area (Å²) in [4.78, 5) is 31.8. The maximum Gasteiger partial charge on any atom is 0.326 e. The Morgan fingerprint density at radius 3 is 3.00 bits per heavy atom. The second-order valence-corrected chi connectivity index (χ2v) is 4.60. The van der Waals surface area contributed by atoms with Crippen LogP contribution in [0.1, 0.15) is 12.8 Å². The summed E-state index contributed by atoms with van der Waals surface area (Å²) in [6.45, 7) is 0.595. The Labute approximate surface area is 108 Å². The maximum atomic E-state index is 12.0. The average molecular weight is 259 g/mol. The summed E-state index contributed by atoms with van der Waals surface area (Å²) in [5, 5.41) is 9.68. The number of carbonyl (C=O) groups is 1. The Morgan fingerprint density at radius 2 is 2.21 bits per heavy atom. The molecule has 1 fully saturated rings. The van der Waals surface area contributed by atoms with Crippen LogP contribution in [0, 0.1) is 0 Å². The van der Waals surface area contributed by atoms with Crippen LogP contribution in [0.3, 0.4) is 0 Å². The molecule has 2 N–H and O–H groups in total. The SMILES string of the molecule is O=C(O)[C@H]1CCCN1c1nc2ccccc2c(=O)[nH]1. The van der Waals surface area contributed by atoms with Gasteiger partial charge in [-0.05, 0) is 25.0 Å². The van der Waals surface area contributed by atoms with Gasteiger partial charge in [-0.1, -0.05) is 12.1 Å². The second-order valence-electron chi connectivity index (χ2n) is 4.60. The third-order valence-corrected chi connectivity index (χ3v) is 3.41. The molecule has 0 unspecified atom stereocenters. The molecule has 1 aliphatic heterocycles. The summed E-state index contributed by atoms with van der Waals surface area (Å²) in [5.74, 6) is -0.540. The fourth-order valence-electron chi connectivity index (χ4n) is 2.49. The minimum Gasteiger partial charge on any atom is -0.480 e. The molecular weight excluding hydrogens is 246 g/mol. The first-order valence-electron chi connectivity index (χ1n) is 6.15. The van der Waals surface area contributed by atoms with Crippen LogP contribution in [-0.2, 0) is 4.79 Å². The standard InChI is InChI=1S/C13H13N3O3/c17-11-8-4-1-2-5-9(8)14-13(15-11)16-7-3-6-10(16)12(18)19/h1-2,4-5,10H,3,6-7H2,(H,18,19)(H,14,15,17)/t10-/m1/s1. The van der Waals surface area contributed by atoms with Crippen LogP contribution in [-0.4, -0.2) is 33.6 Å². The van der Waals surface area contributed by atoms with Crippen molar-refractivity contribution in [1.82, 2.24) is 9.97 Å². The number of hydrogen-bond acceptors (Lipinski definition) is 4. The highest BCUT2D eigenvalue weighted by atomic mass is 16.4. The van der Waals surface area contributed by atoms with E-state index in [1.807, 2.05) is 0 Å². The number of aromatic amines is 1. The fraction of sp³-hybridized carbons (Fsp3) is 0.308. The van der Waals surface area contributed by atoms with Gasteiger partial charge in [0, 0.05) is 6.54 Å². The van der Waals surface area contributed by atoms with Gasteiger partial charge >= 0.3 is 5.97 Å². The zero-order valence-corrected chi connectivity index (χ0v) is 10.2. The number of anilines is 1. The summed E-state index contributed by atoms with van der Waals surface area (Å²) in [6, 6.07) is 6.42. The summed E-state index contributed by atoms with van der Waals surface area (Å²) in [5.41, 5.74) is 0.342. The lowest BCUT2D eigenvalue weighted by Crippen LogP contribution is -2.37. The highest BCUT2D eigenvalue weighted by Crippen LogP contribution is 2.22. The number of nitrogens with zero attached hydrogens (tertiary/aromatic N) is 2. The molecule has 98 valence electrons. The molecule has 1 aromatic heterocycles. The first kappa shape index (κ1) is 11.7. The molecule has 0 aliphatic carbocycles. The number of nitrogens with one attached hydrogen (secondary N) is 1. The Kier molecular flexibility index (Phi) is 2.70. The van der Waals surface area contributed by atoms with Crippen molar-refractivity contribution in [3.8, 4) is 0 Å². The maximum absolute atomic E-state index is 12.0. The third kappa shape index (κ3) is 1.95. The molecule has 0 radical (unpaired) electrons. The van der Waals surface area contributed by atoms with Crippen molar-refractivity contribution in [2.45, 2.75) is 18.9 Å². The van der Waals surface area contributed by atoms with Crippen LogP contribution >= 0.6 is 0 Å². The Bertz CT molecular complexity index is 695. The molecule has 6 nitrogen and oxygen atoms in total. The molecule has 3 rings (SSSR count). The number of carboxylic acid groups (broad SMARTS) is 1. The van der Waals surface area contributed by atoms with Crippen molar-refractivity contribution in [1.29, 1.82) is 0 Å². The van der Waals surface area contributed by atoms with E-state index in [0.717, 1.165) is 6.42 Å². The number of para-hydroxylation sites is 1. The lowest BCUT2D eigenvalue weighted by Gasteiger charge is -2.21. The molecule has 1 aromatic carbocycles. The van der Waals surface area contributed by atoms with Gasteiger partial charge < -0.3 is 10.0 Å². The summed E-state index contributed by atoms with van der Waals surface area (Å²) in [7, 11) is 0. The molecule has 19 heavy (non-hydrogen) atoms. The molecular formula is C13H13N3O3. The predicted octanol–water partition coefficient (Wildman–Crippen LogP) is 0.976. The number of aliphatic carboxylic acids is 1. The van der Waals surface area contributed by atoms with Crippen molar-refractivity contribution in [3.05, 3.63) is 34.6 Å². The van der Waals surface area contributed by atoms with E-state index in [2.05, 4.69) is 9.97 Å². The number of fused-ring (bicyclic) bond motifs is 1. The first-order valence-corrected chi connectivity index (χ1v) is 6.15. The van der Waals surface area contributed by atoms with Crippen LogP contribution in [0.15, 0.2) is 29.1 Å². The minimum absolute atomic E-state index is 0.239. The minimum atomic E-state index is -0.881. The number of H-pyrrole nitrogens is 1. The molecule has 2 heterocycles. The monoisotopic (exact) mass is 259 g/mol. The van der Waals surface area contributed by atoms with Crippen molar-refractivity contribution in [2.75, 3.05) is 11.4 Å². The van der Waals surface area contributed by atoms with Crippen LogP contribution in [0.5, 0.6) is 0 Å². The van der Waals surface area contributed by atoms with Gasteiger partial charge in [-0.3, -0.25) is 9.78 Å². The fourth-order valence-corrected chi connectivity index (χ4v) is 2.49. The number of hydrogen-bond donors (Lipinski definition) is 2. The van der Waals surface area contributed by atoms with Gasteiger partial charge in [0.15, 0.2) is 0 Å². The van der Waals surface area contributed by atoms with Gasteiger partial charge in [0.1, 0.15) is 6.04 Å². The van der Waals surface area contributed by atoms with E-state index >= 15 is 0 Å². The zero-order chi connectivity index (χ0) is 13.4. The Morgan fingerprint density at radius 1 is 1.42 bits per heavy atom. The molecule has 0 bridgehead atoms. The van der Waals surface area contributed by atoms with E-state index in [1.165, 1.54) is 0 Å². The van der Waals surface area contributed by atoms with E-state index in [0.29, 0.717) is 29.8 Å². The van der Waals surface area contributed by atoms with Gasteiger partial charge in [0.05, 0.1) is 10.9 Å². The van der Waals surface area contributed by atoms with Crippen molar-refractivity contribution >= 4 is 22.8 Å². The van der Waals surface area contributed by atoms with Crippen LogP contribution in [0.25, 0.3) is 10.9 Å². The third-order valence-electron chi connectivity index (χ3n) is 3.41. The summed E-state index contributed by atoms with van der Waals surface area (Å²) < 4.78 is 0. The summed E-state index contributed by atoms with van der Waals surface area (Å²) in [6.07, 6.45) is 1.36. The predicted molar refractivity (Wildman–Crippen MR) is 70.4 cm³/mol. The number of rotatable bonds is 2. The number of benzene rings is 1. The van der Waals surface area contributed by atoms with Crippen molar-refractivity contribution in [2.24, 2.45) is 0 Å². The molecule has 1 aliphatic rings. The quantitative estimate of drug-likeness (QED) is 0.839. The smallest absolute Gasteiger partial charge is 0.326 e. The van der Waals surface area contributed by atoms with Crippen LogP contribution in [0.4, 0.5) is 5.95 Å². The van der Waals surface area contributed by atoms with E-state index in [9.17, 15) is 9.59 Å². The topological polar surface area (TPSA) is 86.3 Å². The largest absolute Gasteiger partial charge is 0.480 e. The molecule has 0 saturated carbocycles. The van der Waals surface area contributed by atoms with E-state index in [4.69, 9.17) is 5.11 Å². The molecule has 2 aromatic rings. The van der Waals surface area contributed by atoms with E-state index in [1.54, 1.807) is 29.2 Å². The van der Waals surface area contributed by atoms with E-state index < -0.39 is 12.0 Å². The van der Waals surface area contributed by atoms with Crippen LogP contribution in [0.2, 0.25) is 0 Å². The zero-order valence-electron chi connectivity index (χ0n) is 10.2. The Hall–Kier alpha value is -2.37. The molecule has 6 heteroatoms. The first-order chi connectivity index (χ1) is 9.16. The van der Waals surface area contributed by atoms with Gasteiger partial charge in [-0.25, -0.2) is 9.78 Å². The second kappa shape index (κ2) is 4.38. The van der Waals surface area contributed by atoms with Crippen molar-refractivity contribution in [3.63, 3.8) is 0 Å². The molecule has 1 atom stereocenters. The number of aromatic nitrogens is 2. The van der Waals surface area contributed by atoms with Gasteiger partial charge in [0.25, 0.3) is 5.56 Å². The molecule has 0 spiro atoms. The highest BCUT2D eigenvalue weighted by molar-refractivity contribution is 5.81. The molecule has 0 amide bonds. The van der Waals surface area contributed by atoms with E-state index in [-0.39, 0.29) is 5.56 Å². The highest BCUT2D eigenvalue weighted by Gasteiger charge is 2.32. The lowest BCUT2D eigenvalue weighted by atomic mass is 10.2. The lowest BCUT2D eigenvalue weighted by molar-refractivity contribution is -0.138. The van der Waals surface area contributed by atoms with Gasteiger partial charge in [-0.15, -0.1) is 0 Å². The Balaban J connectivity index is 2.10. The normalized spacial score (nSPS) is 18.9.